The standard InChI is InChI=1S/C65H62BN3O/c1-41-35-57-61-58(36-41)68(53-31-25-43(62(2,3)4)37-49(53)42-19-11-10-12-20-42)56-39-46(69-54-23-15-14-22-50(54)64(8)33-17-18-34-65(64,69)9)28-30-51(56)66(61)52-38-44(63(5,6)7)26-32-55(52)67(57)45-27-29-48-47-21-13-16-24-59(47)70-60(48)40-45/h10-16,19-32,35-40H,17-18,33-34H2,1-9H3. The summed E-state index contributed by atoms with van der Waals surface area (Å²) in [6, 6.07) is 62.6. The third-order valence-electron chi connectivity index (χ3n) is 17.1. The van der Waals surface area contributed by atoms with Gasteiger partial charge in [-0.2, -0.15) is 0 Å². The summed E-state index contributed by atoms with van der Waals surface area (Å²) in [7, 11) is 0. The lowest BCUT2D eigenvalue weighted by molar-refractivity contribution is 0.195. The van der Waals surface area contributed by atoms with E-state index in [2.05, 4.69) is 241 Å². The maximum Gasteiger partial charge on any atom is 0.252 e. The van der Waals surface area contributed by atoms with Crippen LogP contribution in [0.4, 0.5) is 45.5 Å². The van der Waals surface area contributed by atoms with Gasteiger partial charge in [-0.15, -0.1) is 0 Å². The van der Waals surface area contributed by atoms with E-state index in [1.54, 1.807) is 0 Å². The van der Waals surface area contributed by atoms with Crippen molar-refractivity contribution in [2.45, 2.75) is 110 Å². The molecule has 4 nitrogen and oxygen atoms in total. The van der Waals surface area contributed by atoms with Crippen molar-refractivity contribution in [1.29, 1.82) is 0 Å². The first-order valence-corrected chi connectivity index (χ1v) is 25.7. The number of anilines is 8. The molecule has 3 aliphatic heterocycles. The molecular formula is C65H62BN3O. The molecule has 5 heteroatoms. The van der Waals surface area contributed by atoms with E-state index in [4.69, 9.17) is 4.42 Å². The van der Waals surface area contributed by atoms with Crippen LogP contribution in [0.1, 0.15) is 103 Å². The molecule has 1 aromatic heterocycles. The second-order valence-electron chi connectivity index (χ2n) is 23.4. The van der Waals surface area contributed by atoms with Crippen LogP contribution in [-0.4, -0.2) is 12.3 Å². The van der Waals surface area contributed by atoms with Gasteiger partial charge in [-0.3, -0.25) is 0 Å². The van der Waals surface area contributed by atoms with Crippen LogP contribution in [0.3, 0.4) is 0 Å². The average Bonchev–Trinajstić information content (AvgIpc) is 3.82. The maximum absolute atomic E-state index is 6.62. The molecule has 0 bridgehead atoms. The van der Waals surface area contributed by atoms with E-state index in [-0.39, 0.29) is 28.5 Å². The summed E-state index contributed by atoms with van der Waals surface area (Å²) in [5, 5.41) is 2.28. The molecule has 346 valence electrons. The van der Waals surface area contributed by atoms with E-state index in [1.807, 2.05) is 0 Å². The molecule has 4 heterocycles. The molecule has 9 aromatic rings. The number of fused-ring (bicyclic) bond motifs is 10. The SMILES string of the molecule is Cc1cc2c3c(c1)N(c1ccc(C(C)(C)C)cc1-c1ccccc1)c1cc(N4c5ccccc5C5(C)CCCCC45C)ccc1B3c1cc(C(C)(C)C)ccc1N2c1ccc2c(c1)oc1ccccc12. The Hall–Kier alpha value is -6.98. The van der Waals surface area contributed by atoms with Gasteiger partial charge >= 0.3 is 0 Å². The van der Waals surface area contributed by atoms with Gasteiger partial charge in [0, 0.05) is 67.6 Å². The summed E-state index contributed by atoms with van der Waals surface area (Å²) in [5.74, 6) is 0. The minimum absolute atomic E-state index is 0.0233. The summed E-state index contributed by atoms with van der Waals surface area (Å²) in [6.07, 6.45) is 4.84. The van der Waals surface area contributed by atoms with Crippen molar-refractivity contribution in [3.63, 3.8) is 0 Å². The molecule has 1 aliphatic carbocycles. The largest absolute Gasteiger partial charge is 0.456 e. The van der Waals surface area contributed by atoms with Crippen LogP contribution in [0.5, 0.6) is 0 Å². The fourth-order valence-corrected chi connectivity index (χ4v) is 13.3. The summed E-state index contributed by atoms with van der Waals surface area (Å²) in [4.78, 5) is 7.93. The quantitative estimate of drug-likeness (QED) is 0.164. The highest BCUT2D eigenvalue weighted by molar-refractivity contribution is 7.00. The molecular weight excluding hydrogens is 850 g/mol. The zero-order chi connectivity index (χ0) is 48.1. The van der Waals surface area contributed by atoms with Gasteiger partial charge in [0.1, 0.15) is 11.2 Å². The number of rotatable bonds is 4. The molecule has 70 heavy (non-hydrogen) atoms. The minimum Gasteiger partial charge on any atom is -0.456 e. The van der Waals surface area contributed by atoms with Crippen LogP contribution < -0.4 is 31.1 Å². The normalized spacial score (nSPS) is 19.3. The molecule has 0 radical (unpaired) electrons. The smallest absolute Gasteiger partial charge is 0.252 e. The second-order valence-corrected chi connectivity index (χ2v) is 23.4. The van der Waals surface area contributed by atoms with Crippen LogP contribution in [0.25, 0.3) is 33.1 Å². The topological polar surface area (TPSA) is 22.9 Å². The molecule has 2 atom stereocenters. The Morgan fingerprint density at radius 2 is 1.16 bits per heavy atom. The highest BCUT2D eigenvalue weighted by atomic mass is 16.3. The Balaban J connectivity index is 1.12. The number of nitrogens with zero attached hydrogens (tertiary/aromatic N) is 3. The summed E-state index contributed by atoms with van der Waals surface area (Å²) in [5.41, 5.74) is 23.2. The van der Waals surface area contributed by atoms with Crippen molar-refractivity contribution in [3.05, 3.63) is 186 Å². The Kier molecular flexibility index (Phi) is 9.24. The minimum atomic E-state index is -0.0750. The van der Waals surface area contributed by atoms with Gasteiger partial charge in [0.25, 0.3) is 6.71 Å². The van der Waals surface area contributed by atoms with Crippen LogP contribution in [0, 0.1) is 6.92 Å². The van der Waals surface area contributed by atoms with Crippen LogP contribution >= 0.6 is 0 Å². The van der Waals surface area contributed by atoms with Crippen molar-refractivity contribution >= 4 is 90.5 Å². The average molecular weight is 912 g/mol. The molecule has 0 amide bonds. The van der Waals surface area contributed by atoms with Gasteiger partial charge in [-0.1, -0.05) is 152 Å². The van der Waals surface area contributed by atoms with Crippen LogP contribution in [-0.2, 0) is 16.2 Å². The lowest BCUT2D eigenvalue weighted by Crippen LogP contribution is -2.61. The lowest BCUT2D eigenvalue weighted by Gasteiger charge is -2.50. The fraction of sp³-hybridized carbons (Fsp3) is 0.262. The van der Waals surface area contributed by atoms with Crippen LogP contribution in [0.2, 0.25) is 0 Å². The fourth-order valence-electron chi connectivity index (χ4n) is 13.3. The number of aryl methyl sites for hydroxylation is 1. The lowest BCUT2D eigenvalue weighted by atomic mass is 9.33. The number of furan rings is 1. The van der Waals surface area contributed by atoms with Crippen molar-refractivity contribution in [2.24, 2.45) is 0 Å². The highest BCUT2D eigenvalue weighted by Gasteiger charge is 2.58. The Morgan fingerprint density at radius 3 is 1.94 bits per heavy atom. The van der Waals surface area contributed by atoms with Crippen LogP contribution in [0.15, 0.2) is 168 Å². The van der Waals surface area contributed by atoms with Gasteiger partial charge in [-0.05, 0) is 148 Å². The first kappa shape index (κ1) is 43.1. The Morgan fingerprint density at radius 1 is 0.500 bits per heavy atom. The molecule has 1 fully saturated rings. The summed E-state index contributed by atoms with van der Waals surface area (Å²) in [6.45, 7) is 21.4. The zero-order valence-electron chi connectivity index (χ0n) is 42.2. The van der Waals surface area contributed by atoms with E-state index >= 15 is 0 Å². The molecule has 0 saturated heterocycles. The van der Waals surface area contributed by atoms with Gasteiger partial charge in [0.15, 0.2) is 0 Å². The monoisotopic (exact) mass is 911 g/mol. The molecule has 0 N–H and O–H groups in total. The number of hydrogen-bond acceptors (Lipinski definition) is 4. The second kappa shape index (κ2) is 15.0. The van der Waals surface area contributed by atoms with E-state index in [0.29, 0.717) is 0 Å². The van der Waals surface area contributed by atoms with Crippen molar-refractivity contribution in [3.8, 4) is 11.1 Å². The van der Waals surface area contributed by atoms with E-state index in [0.717, 1.165) is 34.0 Å². The third-order valence-corrected chi connectivity index (χ3v) is 17.1. The van der Waals surface area contributed by atoms with E-state index in [9.17, 15) is 0 Å². The van der Waals surface area contributed by atoms with Gasteiger partial charge in [0.2, 0.25) is 0 Å². The van der Waals surface area contributed by atoms with E-state index in [1.165, 1.54) is 109 Å². The highest BCUT2D eigenvalue weighted by Crippen LogP contribution is 2.61. The van der Waals surface area contributed by atoms with Crippen molar-refractivity contribution < 1.29 is 4.42 Å². The molecule has 4 aliphatic rings. The maximum atomic E-state index is 6.62. The predicted molar refractivity (Wildman–Crippen MR) is 298 cm³/mol. The van der Waals surface area contributed by atoms with Gasteiger partial charge in [-0.25, -0.2) is 0 Å². The third kappa shape index (κ3) is 6.15. The molecule has 8 aromatic carbocycles. The number of para-hydroxylation sites is 2. The number of benzene rings is 8. The molecule has 0 spiro atoms. The first-order chi connectivity index (χ1) is 33.6. The Bertz CT molecular complexity index is 3610. The van der Waals surface area contributed by atoms with Gasteiger partial charge in [0.05, 0.1) is 11.2 Å². The number of hydrogen-bond donors (Lipinski definition) is 0. The molecule has 13 rings (SSSR count). The first-order valence-electron chi connectivity index (χ1n) is 25.7. The molecule has 2 unspecified atom stereocenters. The zero-order valence-corrected chi connectivity index (χ0v) is 42.2. The van der Waals surface area contributed by atoms with Crippen molar-refractivity contribution in [2.75, 3.05) is 14.7 Å². The van der Waals surface area contributed by atoms with Gasteiger partial charge < -0.3 is 19.1 Å². The summed E-state index contributed by atoms with van der Waals surface area (Å²) >= 11 is 0. The van der Waals surface area contributed by atoms with E-state index < -0.39 is 0 Å². The van der Waals surface area contributed by atoms with Crippen molar-refractivity contribution in [1.82, 2.24) is 0 Å². The molecule has 1 saturated carbocycles. The Labute approximate surface area is 414 Å². The summed E-state index contributed by atoms with van der Waals surface area (Å²) < 4.78 is 6.62. The predicted octanol–water partition coefficient (Wildman–Crippen LogP) is 16.0.